The Morgan fingerprint density at radius 1 is 1.44 bits per heavy atom. The van der Waals surface area contributed by atoms with Crippen LogP contribution in [-0.4, -0.2) is 46.5 Å². The lowest BCUT2D eigenvalue weighted by Crippen LogP contribution is -2.48. The van der Waals surface area contributed by atoms with Gasteiger partial charge in [-0.25, -0.2) is 4.98 Å². The molecule has 1 aliphatic heterocycles. The maximum Gasteiger partial charge on any atom is 0.267 e. The molecule has 2 unspecified atom stereocenters. The normalized spacial score (nSPS) is 18.0. The second kappa shape index (κ2) is 7.51. The van der Waals surface area contributed by atoms with Gasteiger partial charge in [-0.15, -0.1) is 11.3 Å². The fraction of sp³-hybridized carbons (Fsp3) is 0.444. The molecule has 1 aromatic carbocycles. The Hall–Kier alpha value is -1.96. The Bertz CT molecular complexity index is 761. The third-order valence-electron chi connectivity index (χ3n) is 4.08. The Kier molecular flexibility index (Phi) is 5.36. The van der Waals surface area contributed by atoms with Crippen LogP contribution in [0.3, 0.4) is 0 Å². The minimum Gasteiger partial charge on any atom is -0.479 e. The van der Waals surface area contributed by atoms with Crippen LogP contribution in [0.4, 0.5) is 5.69 Å². The number of fused-ring (bicyclic) bond motifs is 1. The van der Waals surface area contributed by atoms with Crippen LogP contribution < -0.4 is 9.64 Å². The van der Waals surface area contributed by atoms with Crippen LogP contribution in [0.25, 0.3) is 11.3 Å². The number of anilines is 1. The van der Waals surface area contributed by atoms with Crippen LogP contribution >= 0.6 is 11.3 Å². The standard InChI is InChI=1S/C18H22N2O4S/c1-3-4-17-19-14(10-25-17)12-5-6-16-15(7-12)20(8-13(22)9-21)18(23)11(2)24-16/h5-7,10-11,13,21-22H,3-4,8-9H2,1-2H3. The van der Waals surface area contributed by atoms with Crippen LogP contribution in [0.5, 0.6) is 5.75 Å². The first-order valence-electron chi connectivity index (χ1n) is 8.39. The lowest BCUT2D eigenvalue weighted by atomic mass is 10.1. The highest BCUT2D eigenvalue weighted by Gasteiger charge is 2.33. The van der Waals surface area contributed by atoms with Crippen LogP contribution in [-0.2, 0) is 11.2 Å². The molecular formula is C18H22N2O4S. The molecule has 2 aromatic rings. The maximum atomic E-state index is 12.5. The van der Waals surface area contributed by atoms with Gasteiger partial charge in [0.2, 0.25) is 0 Å². The summed E-state index contributed by atoms with van der Waals surface area (Å²) in [4.78, 5) is 18.6. The highest BCUT2D eigenvalue weighted by Crippen LogP contribution is 2.37. The fourth-order valence-electron chi connectivity index (χ4n) is 2.80. The molecule has 0 spiro atoms. The van der Waals surface area contributed by atoms with Gasteiger partial charge < -0.3 is 19.8 Å². The Labute approximate surface area is 150 Å². The topological polar surface area (TPSA) is 82.9 Å². The predicted molar refractivity (Wildman–Crippen MR) is 97.1 cm³/mol. The molecule has 1 aliphatic rings. The minimum atomic E-state index is -0.999. The van der Waals surface area contributed by atoms with Crippen molar-refractivity contribution in [2.24, 2.45) is 0 Å². The highest BCUT2D eigenvalue weighted by atomic mass is 32.1. The summed E-state index contributed by atoms with van der Waals surface area (Å²) in [5, 5.41) is 22.0. The van der Waals surface area contributed by atoms with Gasteiger partial charge in [0.15, 0.2) is 6.10 Å². The Morgan fingerprint density at radius 2 is 2.24 bits per heavy atom. The van der Waals surface area contributed by atoms with Gasteiger partial charge in [-0.05, 0) is 38.0 Å². The number of nitrogens with zero attached hydrogens (tertiary/aromatic N) is 2. The molecule has 1 amide bonds. The summed E-state index contributed by atoms with van der Waals surface area (Å²) in [7, 11) is 0. The van der Waals surface area contributed by atoms with E-state index in [-0.39, 0.29) is 12.5 Å². The van der Waals surface area contributed by atoms with Crippen molar-refractivity contribution in [3.8, 4) is 17.0 Å². The molecule has 7 heteroatoms. The number of aliphatic hydroxyl groups is 2. The van der Waals surface area contributed by atoms with Crippen LogP contribution in [0.2, 0.25) is 0 Å². The molecule has 0 radical (unpaired) electrons. The number of aryl methyl sites for hydroxylation is 1. The van der Waals surface area contributed by atoms with Gasteiger partial charge in [-0.2, -0.15) is 0 Å². The largest absolute Gasteiger partial charge is 0.479 e. The molecule has 2 heterocycles. The number of carbonyl (C=O) groups is 1. The average Bonchev–Trinajstić information content (AvgIpc) is 3.07. The number of rotatable bonds is 6. The maximum absolute atomic E-state index is 12.5. The van der Waals surface area contributed by atoms with E-state index in [4.69, 9.17) is 9.84 Å². The summed E-state index contributed by atoms with van der Waals surface area (Å²) in [6.45, 7) is 3.42. The molecule has 2 N–H and O–H groups in total. The van der Waals surface area contributed by atoms with Gasteiger partial charge in [0.1, 0.15) is 5.75 Å². The summed E-state index contributed by atoms with van der Waals surface area (Å²) >= 11 is 1.63. The number of aliphatic hydroxyl groups excluding tert-OH is 2. The van der Waals surface area contributed by atoms with E-state index >= 15 is 0 Å². The molecule has 2 atom stereocenters. The Morgan fingerprint density at radius 3 is 2.96 bits per heavy atom. The number of carbonyl (C=O) groups excluding carboxylic acids is 1. The van der Waals surface area contributed by atoms with E-state index in [0.717, 1.165) is 29.1 Å². The predicted octanol–water partition coefficient (Wildman–Crippen LogP) is 2.23. The summed E-state index contributed by atoms with van der Waals surface area (Å²) in [5.74, 6) is 0.354. The SMILES string of the molecule is CCCc1nc(-c2ccc3c(c2)N(CC(O)CO)C(=O)C(C)O3)cs1. The molecule has 0 fully saturated rings. The van der Waals surface area contributed by atoms with Crippen LogP contribution in [0, 0.1) is 0 Å². The number of hydrogen-bond acceptors (Lipinski definition) is 6. The number of ether oxygens (including phenoxy) is 1. The number of amides is 1. The molecule has 134 valence electrons. The van der Waals surface area contributed by atoms with E-state index in [9.17, 15) is 9.90 Å². The van der Waals surface area contributed by atoms with Gasteiger partial charge >= 0.3 is 0 Å². The number of β-amino-alcohol motifs (C(OH)–C–C–N with tert-alkyl or cyclic N) is 1. The van der Waals surface area contributed by atoms with Crippen molar-refractivity contribution in [1.29, 1.82) is 0 Å². The minimum absolute atomic E-state index is 0.0254. The van der Waals surface area contributed by atoms with E-state index in [1.165, 1.54) is 4.90 Å². The molecule has 0 aliphatic carbocycles. The third kappa shape index (κ3) is 3.68. The van der Waals surface area contributed by atoms with E-state index in [1.54, 1.807) is 18.3 Å². The van der Waals surface area contributed by atoms with E-state index in [1.807, 2.05) is 23.6 Å². The fourth-order valence-corrected chi connectivity index (χ4v) is 3.70. The van der Waals surface area contributed by atoms with Gasteiger partial charge in [0.05, 0.1) is 35.6 Å². The molecule has 25 heavy (non-hydrogen) atoms. The van der Waals surface area contributed by atoms with E-state index < -0.39 is 18.8 Å². The van der Waals surface area contributed by atoms with Crippen molar-refractivity contribution in [2.45, 2.75) is 38.9 Å². The van der Waals surface area contributed by atoms with Gasteiger partial charge in [-0.3, -0.25) is 4.79 Å². The van der Waals surface area contributed by atoms with Crippen molar-refractivity contribution in [1.82, 2.24) is 4.98 Å². The zero-order valence-corrected chi connectivity index (χ0v) is 15.1. The van der Waals surface area contributed by atoms with Crippen LogP contribution in [0.1, 0.15) is 25.3 Å². The van der Waals surface area contributed by atoms with Crippen molar-refractivity contribution in [2.75, 3.05) is 18.1 Å². The van der Waals surface area contributed by atoms with Gasteiger partial charge in [0, 0.05) is 10.9 Å². The molecule has 6 nitrogen and oxygen atoms in total. The quantitative estimate of drug-likeness (QED) is 0.823. The Balaban J connectivity index is 1.96. The first-order valence-corrected chi connectivity index (χ1v) is 9.27. The zero-order chi connectivity index (χ0) is 18.0. The smallest absolute Gasteiger partial charge is 0.267 e. The number of benzene rings is 1. The monoisotopic (exact) mass is 362 g/mol. The van der Waals surface area contributed by atoms with E-state index in [0.29, 0.717) is 11.4 Å². The number of hydrogen-bond donors (Lipinski definition) is 2. The third-order valence-corrected chi connectivity index (χ3v) is 4.99. The molecular weight excluding hydrogens is 340 g/mol. The second-order valence-electron chi connectivity index (χ2n) is 6.10. The van der Waals surface area contributed by atoms with Gasteiger partial charge in [0.25, 0.3) is 5.91 Å². The van der Waals surface area contributed by atoms with Gasteiger partial charge in [-0.1, -0.05) is 6.92 Å². The lowest BCUT2D eigenvalue weighted by Gasteiger charge is -2.34. The van der Waals surface area contributed by atoms with Crippen molar-refractivity contribution in [3.63, 3.8) is 0 Å². The highest BCUT2D eigenvalue weighted by molar-refractivity contribution is 7.09. The first kappa shape index (κ1) is 17.8. The number of aromatic nitrogens is 1. The molecule has 0 bridgehead atoms. The summed E-state index contributed by atoms with van der Waals surface area (Å²) in [5.41, 5.74) is 2.36. The average molecular weight is 362 g/mol. The lowest BCUT2D eigenvalue weighted by molar-refractivity contribution is -0.126. The van der Waals surface area contributed by atoms with Crippen molar-refractivity contribution in [3.05, 3.63) is 28.6 Å². The first-order chi connectivity index (χ1) is 12.0. The number of thiazole rings is 1. The summed E-state index contributed by atoms with van der Waals surface area (Å²) < 4.78 is 5.67. The molecule has 3 rings (SSSR count). The summed E-state index contributed by atoms with van der Waals surface area (Å²) in [6.07, 6.45) is 0.370. The molecule has 0 saturated heterocycles. The van der Waals surface area contributed by atoms with Crippen molar-refractivity contribution >= 4 is 22.9 Å². The van der Waals surface area contributed by atoms with E-state index in [2.05, 4.69) is 11.9 Å². The van der Waals surface area contributed by atoms with Crippen LogP contribution in [0.15, 0.2) is 23.6 Å². The molecule has 0 saturated carbocycles. The second-order valence-corrected chi connectivity index (χ2v) is 7.05. The zero-order valence-electron chi connectivity index (χ0n) is 14.3. The molecule has 1 aromatic heterocycles. The summed E-state index contributed by atoms with van der Waals surface area (Å²) in [6, 6.07) is 5.60. The van der Waals surface area contributed by atoms with Crippen molar-refractivity contribution < 1.29 is 19.7 Å².